The van der Waals surface area contributed by atoms with Gasteiger partial charge < -0.3 is 0 Å². The van der Waals surface area contributed by atoms with Crippen molar-refractivity contribution in [3.05, 3.63) is 30.0 Å². The summed E-state index contributed by atoms with van der Waals surface area (Å²) >= 11 is 0. The number of aryl methyl sites for hydroxylation is 1. The molecule has 1 heterocycles. The molecule has 3 nitrogen and oxygen atoms in total. The van der Waals surface area contributed by atoms with Crippen LogP contribution >= 0.6 is 0 Å². The molecule has 66 valence electrons. The number of fused-ring (bicyclic) bond motifs is 1. The Morgan fingerprint density at radius 2 is 2.23 bits per heavy atom. The minimum Gasteiger partial charge on any atom is -0.294 e. The fraction of sp³-hybridized carbons (Fsp3) is 0.200. The van der Waals surface area contributed by atoms with Gasteiger partial charge in [-0.1, -0.05) is 12.1 Å². The first-order chi connectivity index (χ1) is 6.20. The highest BCUT2D eigenvalue weighted by Crippen LogP contribution is 2.17. The van der Waals surface area contributed by atoms with Crippen molar-refractivity contribution < 1.29 is 4.79 Å². The number of benzene rings is 1. The van der Waals surface area contributed by atoms with Gasteiger partial charge in [0, 0.05) is 18.0 Å². The molecule has 2 rings (SSSR count). The lowest BCUT2D eigenvalue weighted by molar-refractivity contribution is 0.101. The van der Waals surface area contributed by atoms with Crippen molar-refractivity contribution in [3.8, 4) is 0 Å². The average molecular weight is 174 g/mol. The van der Waals surface area contributed by atoms with Gasteiger partial charge in [0.15, 0.2) is 5.78 Å². The topological polar surface area (TPSA) is 34.9 Å². The number of ketones is 1. The molecule has 0 bridgehead atoms. The molecule has 3 heteroatoms. The van der Waals surface area contributed by atoms with Crippen molar-refractivity contribution in [2.24, 2.45) is 7.05 Å². The molecule has 0 aliphatic rings. The van der Waals surface area contributed by atoms with Crippen LogP contribution in [0.1, 0.15) is 17.3 Å². The van der Waals surface area contributed by atoms with E-state index >= 15 is 0 Å². The van der Waals surface area contributed by atoms with E-state index in [1.807, 2.05) is 25.2 Å². The summed E-state index contributed by atoms with van der Waals surface area (Å²) in [7, 11) is 1.84. The lowest BCUT2D eigenvalue weighted by Crippen LogP contribution is -1.98. The van der Waals surface area contributed by atoms with E-state index in [9.17, 15) is 4.79 Å². The largest absolute Gasteiger partial charge is 0.294 e. The van der Waals surface area contributed by atoms with Crippen LogP contribution in [-0.2, 0) is 7.05 Å². The van der Waals surface area contributed by atoms with Crippen LogP contribution in [0.3, 0.4) is 0 Å². The third-order valence-electron chi connectivity index (χ3n) is 2.14. The first-order valence-electron chi connectivity index (χ1n) is 4.12. The summed E-state index contributed by atoms with van der Waals surface area (Å²) in [5, 5.41) is 5.11. The van der Waals surface area contributed by atoms with E-state index in [2.05, 4.69) is 5.10 Å². The molecular weight excluding hydrogens is 164 g/mol. The van der Waals surface area contributed by atoms with Gasteiger partial charge in [-0.15, -0.1) is 0 Å². The van der Waals surface area contributed by atoms with Crippen LogP contribution < -0.4 is 0 Å². The minimum atomic E-state index is 0.0780. The van der Waals surface area contributed by atoms with Crippen LogP contribution in [0.4, 0.5) is 0 Å². The fourth-order valence-electron chi connectivity index (χ4n) is 1.52. The van der Waals surface area contributed by atoms with E-state index in [1.165, 1.54) is 0 Å². The average Bonchev–Trinajstić information content (AvgIpc) is 2.48. The summed E-state index contributed by atoms with van der Waals surface area (Å²) in [6.07, 6.45) is 1.77. The van der Waals surface area contributed by atoms with Crippen molar-refractivity contribution in [2.45, 2.75) is 6.92 Å². The van der Waals surface area contributed by atoms with Crippen LogP contribution in [0.5, 0.6) is 0 Å². The monoisotopic (exact) mass is 174 g/mol. The zero-order valence-electron chi connectivity index (χ0n) is 7.61. The molecule has 0 saturated heterocycles. The molecule has 2 aromatic rings. The van der Waals surface area contributed by atoms with Gasteiger partial charge in [-0.2, -0.15) is 5.10 Å². The zero-order chi connectivity index (χ0) is 9.42. The number of para-hydroxylation sites is 1. The Morgan fingerprint density at radius 1 is 1.46 bits per heavy atom. The predicted octanol–water partition coefficient (Wildman–Crippen LogP) is 1.78. The van der Waals surface area contributed by atoms with Gasteiger partial charge >= 0.3 is 0 Å². The van der Waals surface area contributed by atoms with E-state index in [0.717, 1.165) is 16.5 Å². The van der Waals surface area contributed by atoms with Crippen molar-refractivity contribution in [1.29, 1.82) is 0 Å². The Labute approximate surface area is 76.0 Å². The Hall–Kier alpha value is -1.64. The highest BCUT2D eigenvalue weighted by Gasteiger charge is 2.08. The van der Waals surface area contributed by atoms with Crippen LogP contribution in [-0.4, -0.2) is 15.6 Å². The second-order valence-corrected chi connectivity index (χ2v) is 3.07. The molecule has 0 fully saturated rings. The lowest BCUT2D eigenvalue weighted by atomic mass is 10.1. The summed E-state index contributed by atoms with van der Waals surface area (Å²) in [6.45, 7) is 1.57. The molecule has 0 N–H and O–H groups in total. The second kappa shape index (κ2) is 2.69. The molecule has 0 aliphatic carbocycles. The van der Waals surface area contributed by atoms with Gasteiger partial charge in [-0.25, -0.2) is 0 Å². The summed E-state index contributed by atoms with van der Waals surface area (Å²) in [6, 6.07) is 5.65. The SMILES string of the molecule is CC(=O)c1cccc2cnn(C)c12. The number of hydrogen-bond donors (Lipinski definition) is 0. The highest BCUT2D eigenvalue weighted by atomic mass is 16.1. The molecule has 0 atom stereocenters. The lowest BCUT2D eigenvalue weighted by Gasteiger charge is -1.99. The first-order valence-corrected chi connectivity index (χ1v) is 4.12. The Balaban J connectivity index is 2.88. The third kappa shape index (κ3) is 1.13. The van der Waals surface area contributed by atoms with E-state index in [1.54, 1.807) is 17.8 Å². The van der Waals surface area contributed by atoms with Crippen molar-refractivity contribution in [3.63, 3.8) is 0 Å². The van der Waals surface area contributed by atoms with Gasteiger partial charge in [0.05, 0.1) is 11.7 Å². The number of nitrogens with zero attached hydrogens (tertiary/aromatic N) is 2. The summed E-state index contributed by atoms with van der Waals surface area (Å²) in [5.74, 6) is 0.0780. The molecule has 1 aromatic carbocycles. The Bertz CT molecular complexity index is 471. The zero-order valence-corrected chi connectivity index (χ0v) is 7.61. The molecule has 0 saturated carbocycles. The summed E-state index contributed by atoms with van der Waals surface area (Å²) in [5.41, 5.74) is 1.65. The molecule has 0 radical (unpaired) electrons. The third-order valence-corrected chi connectivity index (χ3v) is 2.14. The standard InChI is InChI=1S/C10H10N2O/c1-7(13)9-5-3-4-8-6-11-12(2)10(8)9/h3-6H,1-2H3. The molecule has 13 heavy (non-hydrogen) atoms. The van der Waals surface area contributed by atoms with Gasteiger partial charge in [-0.3, -0.25) is 9.48 Å². The van der Waals surface area contributed by atoms with Crippen LogP contribution in [0.2, 0.25) is 0 Å². The van der Waals surface area contributed by atoms with Crippen LogP contribution in [0, 0.1) is 0 Å². The van der Waals surface area contributed by atoms with E-state index < -0.39 is 0 Å². The number of carbonyl (C=O) groups is 1. The van der Waals surface area contributed by atoms with Crippen LogP contribution in [0.25, 0.3) is 10.9 Å². The smallest absolute Gasteiger partial charge is 0.161 e. The van der Waals surface area contributed by atoms with Crippen molar-refractivity contribution >= 4 is 16.7 Å². The molecule has 0 spiro atoms. The summed E-state index contributed by atoms with van der Waals surface area (Å²) < 4.78 is 1.73. The first kappa shape index (κ1) is 7.98. The Kier molecular flexibility index (Phi) is 1.65. The van der Waals surface area contributed by atoms with Crippen molar-refractivity contribution in [1.82, 2.24) is 9.78 Å². The summed E-state index contributed by atoms with van der Waals surface area (Å²) in [4.78, 5) is 11.3. The molecular formula is C10H10N2O. The normalized spacial score (nSPS) is 10.6. The number of hydrogen-bond acceptors (Lipinski definition) is 2. The van der Waals surface area contributed by atoms with E-state index in [-0.39, 0.29) is 5.78 Å². The Morgan fingerprint density at radius 3 is 2.92 bits per heavy atom. The van der Waals surface area contributed by atoms with Gasteiger partial charge in [0.25, 0.3) is 0 Å². The molecule has 1 aromatic heterocycles. The number of Topliss-reactive ketones (excluding diaryl/α,β-unsaturated/α-hetero) is 1. The van der Waals surface area contributed by atoms with Crippen LogP contribution in [0.15, 0.2) is 24.4 Å². The minimum absolute atomic E-state index is 0.0780. The number of rotatable bonds is 1. The highest BCUT2D eigenvalue weighted by molar-refractivity contribution is 6.05. The van der Waals surface area contributed by atoms with Gasteiger partial charge in [0.1, 0.15) is 0 Å². The maximum Gasteiger partial charge on any atom is 0.161 e. The fourth-order valence-corrected chi connectivity index (χ4v) is 1.52. The maximum absolute atomic E-state index is 11.3. The molecule has 0 unspecified atom stereocenters. The molecule has 0 amide bonds. The predicted molar refractivity (Wildman–Crippen MR) is 50.7 cm³/mol. The number of aromatic nitrogens is 2. The second-order valence-electron chi connectivity index (χ2n) is 3.07. The quantitative estimate of drug-likeness (QED) is 0.617. The van der Waals surface area contributed by atoms with E-state index in [4.69, 9.17) is 0 Å². The van der Waals surface area contributed by atoms with Crippen molar-refractivity contribution in [2.75, 3.05) is 0 Å². The van der Waals surface area contributed by atoms with E-state index in [0.29, 0.717) is 0 Å². The van der Waals surface area contributed by atoms with Gasteiger partial charge in [-0.05, 0) is 13.0 Å². The molecule has 0 aliphatic heterocycles. The maximum atomic E-state index is 11.3. The number of carbonyl (C=O) groups excluding carboxylic acids is 1. The van der Waals surface area contributed by atoms with Gasteiger partial charge in [0.2, 0.25) is 0 Å².